The molecule has 3 unspecified atom stereocenters. The van der Waals surface area contributed by atoms with Crippen molar-refractivity contribution in [1.82, 2.24) is 0 Å². The molecule has 0 amide bonds. The minimum atomic E-state index is 0.183. The Balaban J connectivity index is 2.07. The molecule has 1 saturated carbocycles. The van der Waals surface area contributed by atoms with Crippen molar-refractivity contribution in [3.8, 4) is 0 Å². The molecular weight excluding hydrogens is 230 g/mol. The molecule has 0 saturated heterocycles. The molecule has 0 spiro atoms. The topological polar surface area (TPSA) is 26.0 Å². The Morgan fingerprint density at radius 3 is 2.47 bits per heavy atom. The van der Waals surface area contributed by atoms with Crippen LogP contribution in [0.3, 0.4) is 0 Å². The molecule has 2 aromatic rings. The minimum absolute atomic E-state index is 0.183. The highest BCUT2D eigenvalue weighted by molar-refractivity contribution is 5.88. The first kappa shape index (κ1) is 12.7. The summed E-state index contributed by atoms with van der Waals surface area (Å²) in [4.78, 5) is 0. The highest BCUT2D eigenvalue weighted by Crippen LogP contribution is 2.40. The van der Waals surface area contributed by atoms with Gasteiger partial charge in [0, 0.05) is 6.04 Å². The quantitative estimate of drug-likeness (QED) is 0.832. The molecule has 1 aliphatic carbocycles. The van der Waals surface area contributed by atoms with Crippen LogP contribution in [-0.4, -0.2) is 0 Å². The van der Waals surface area contributed by atoms with Gasteiger partial charge in [-0.1, -0.05) is 56.2 Å². The molecule has 3 rings (SSSR count). The summed E-state index contributed by atoms with van der Waals surface area (Å²) in [7, 11) is 0. The second-order valence-electron chi connectivity index (χ2n) is 6.12. The van der Waals surface area contributed by atoms with Gasteiger partial charge in [-0.25, -0.2) is 0 Å². The third-order valence-corrected chi connectivity index (χ3v) is 4.92. The zero-order chi connectivity index (χ0) is 13.4. The molecule has 1 aliphatic rings. The number of benzene rings is 2. The molecular formula is C18H23N. The van der Waals surface area contributed by atoms with Crippen LogP contribution in [0, 0.1) is 18.8 Å². The van der Waals surface area contributed by atoms with Crippen molar-refractivity contribution in [2.45, 2.75) is 39.2 Å². The van der Waals surface area contributed by atoms with Gasteiger partial charge < -0.3 is 5.73 Å². The van der Waals surface area contributed by atoms with Gasteiger partial charge in [0.15, 0.2) is 0 Å². The van der Waals surface area contributed by atoms with E-state index in [1.54, 1.807) is 0 Å². The van der Waals surface area contributed by atoms with Gasteiger partial charge >= 0.3 is 0 Å². The van der Waals surface area contributed by atoms with E-state index in [0.29, 0.717) is 5.92 Å². The number of aryl methyl sites for hydroxylation is 1. The monoisotopic (exact) mass is 253 g/mol. The van der Waals surface area contributed by atoms with E-state index in [9.17, 15) is 0 Å². The Kier molecular flexibility index (Phi) is 3.32. The summed E-state index contributed by atoms with van der Waals surface area (Å²) in [5, 5.41) is 2.69. The van der Waals surface area contributed by atoms with Gasteiger partial charge in [0.05, 0.1) is 0 Å². The predicted molar refractivity (Wildman–Crippen MR) is 82.1 cm³/mol. The van der Waals surface area contributed by atoms with Crippen LogP contribution < -0.4 is 5.73 Å². The van der Waals surface area contributed by atoms with E-state index in [0.717, 1.165) is 5.92 Å². The van der Waals surface area contributed by atoms with E-state index in [2.05, 4.69) is 50.2 Å². The lowest BCUT2D eigenvalue weighted by Gasteiger charge is -2.25. The Morgan fingerprint density at radius 1 is 1.05 bits per heavy atom. The third kappa shape index (κ3) is 2.17. The standard InChI is InChI=1S/C18H23N/c1-12-6-5-9-15(12)18(19)17-11-10-13(2)14-7-3-4-8-16(14)17/h3-4,7-8,10-12,15,18H,5-6,9,19H2,1-2H3. The molecule has 1 heteroatoms. The normalized spacial score (nSPS) is 24.8. The lowest BCUT2D eigenvalue weighted by Crippen LogP contribution is -2.23. The van der Waals surface area contributed by atoms with E-state index in [1.165, 1.54) is 41.2 Å². The van der Waals surface area contributed by atoms with Crippen molar-refractivity contribution in [3.63, 3.8) is 0 Å². The van der Waals surface area contributed by atoms with Crippen molar-refractivity contribution in [2.75, 3.05) is 0 Å². The lowest BCUT2D eigenvalue weighted by atomic mass is 9.84. The smallest absolute Gasteiger partial charge is 0.0332 e. The van der Waals surface area contributed by atoms with Gasteiger partial charge in [-0.3, -0.25) is 0 Å². The molecule has 0 radical (unpaired) electrons. The first-order valence-corrected chi connectivity index (χ1v) is 7.42. The van der Waals surface area contributed by atoms with Gasteiger partial charge in [-0.2, -0.15) is 0 Å². The van der Waals surface area contributed by atoms with Crippen LogP contribution in [0.2, 0.25) is 0 Å². The minimum Gasteiger partial charge on any atom is -0.324 e. The number of hydrogen-bond donors (Lipinski definition) is 1. The van der Waals surface area contributed by atoms with Gasteiger partial charge in [0.1, 0.15) is 0 Å². The maximum atomic E-state index is 6.61. The van der Waals surface area contributed by atoms with Gasteiger partial charge in [-0.05, 0) is 47.1 Å². The molecule has 2 N–H and O–H groups in total. The van der Waals surface area contributed by atoms with Crippen LogP contribution in [0.25, 0.3) is 10.8 Å². The zero-order valence-electron chi connectivity index (χ0n) is 11.9. The Hall–Kier alpha value is -1.34. The van der Waals surface area contributed by atoms with Crippen LogP contribution >= 0.6 is 0 Å². The van der Waals surface area contributed by atoms with Crippen molar-refractivity contribution >= 4 is 10.8 Å². The first-order chi connectivity index (χ1) is 9.18. The average Bonchev–Trinajstić information content (AvgIpc) is 2.85. The molecule has 19 heavy (non-hydrogen) atoms. The van der Waals surface area contributed by atoms with Crippen LogP contribution in [-0.2, 0) is 0 Å². The second kappa shape index (κ2) is 4.97. The molecule has 1 nitrogen and oxygen atoms in total. The number of fused-ring (bicyclic) bond motifs is 1. The lowest BCUT2D eigenvalue weighted by molar-refractivity contribution is 0.352. The van der Waals surface area contributed by atoms with Crippen LogP contribution in [0.1, 0.15) is 43.4 Å². The van der Waals surface area contributed by atoms with Gasteiger partial charge in [-0.15, -0.1) is 0 Å². The zero-order valence-corrected chi connectivity index (χ0v) is 11.9. The van der Waals surface area contributed by atoms with E-state index < -0.39 is 0 Å². The Bertz CT molecular complexity index is 587. The average molecular weight is 253 g/mol. The van der Waals surface area contributed by atoms with Crippen LogP contribution in [0.15, 0.2) is 36.4 Å². The van der Waals surface area contributed by atoms with Crippen molar-refractivity contribution in [2.24, 2.45) is 17.6 Å². The summed E-state index contributed by atoms with van der Waals surface area (Å²) in [6, 6.07) is 13.3. The van der Waals surface area contributed by atoms with E-state index in [4.69, 9.17) is 5.73 Å². The number of rotatable bonds is 2. The predicted octanol–water partition coefficient (Wildman–Crippen LogP) is 4.58. The van der Waals surface area contributed by atoms with Gasteiger partial charge in [0.2, 0.25) is 0 Å². The third-order valence-electron chi connectivity index (χ3n) is 4.92. The fraction of sp³-hybridized carbons (Fsp3) is 0.444. The van der Waals surface area contributed by atoms with E-state index >= 15 is 0 Å². The molecule has 2 aromatic carbocycles. The maximum Gasteiger partial charge on any atom is 0.0332 e. The summed E-state index contributed by atoms with van der Waals surface area (Å²) in [6.07, 6.45) is 3.95. The van der Waals surface area contributed by atoms with E-state index in [1.807, 2.05) is 0 Å². The molecule has 0 heterocycles. The van der Waals surface area contributed by atoms with Crippen LogP contribution in [0.4, 0.5) is 0 Å². The van der Waals surface area contributed by atoms with Crippen molar-refractivity contribution < 1.29 is 0 Å². The SMILES string of the molecule is Cc1ccc(C(N)C2CCCC2C)c2ccccc12. The maximum absolute atomic E-state index is 6.61. The number of nitrogens with two attached hydrogens (primary N) is 1. The summed E-state index contributed by atoms with van der Waals surface area (Å²) in [5.41, 5.74) is 9.28. The summed E-state index contributed by atoms with van der Waals surface area (Å²) in [6.45, 7) is 4.53. The molecule has 0 aromatic heterocycles. The van der Waals surface area contributed by atoms with Crippen molar-refractivity contribution in [1.29, 1.82) is 0 Å². The Morgan fingerprint density at radius 2 is 1.79 bits per heavy atom. The second-order valence-corrected chi connectivity index (χ2v) is 6.12. The number of hydrogen-bond acceptors (Lipinski definition) is 1. The highest BCUT2D eigenvalue weighted by atomic mass is 14.7. The summed E-state index contributed by atoms with van der Waals surface area (Å²) < 4.78 is 0. The Labute approximate surface area is 115 Å². The highest BCUT2D eigenvalue weighted by Gasteiger charge is 2.30. The fourth-order valence-electron chi connectivity index (χ4n) is 3.70. The molecule has 3 atom stereocenters. The molecule has 0 bridgehead atoms. The summed E-state index contributed by atoms with van der Waals surface area (Å²) >= 11 is 0. The molecule has 1 fully saturated rings. The largest absolute Gasteiger partial charge is 0.324 e. The summed E-state index contributed by atoms with van der Waals surface area (Å²) in [5.74, 6) is 1.40. The van der Waals surface area contributed by atoms with Crippen LogP contribution in [0.5, 0.6) is 0 Å². The fourth-order valence-corrected chi connectivity index (χ4v) is 3.70. The first-order valence-electron chi connectivity index (χ1n) is 7.42. The van der Waals surface area contributed by atoms with E-state index in [-0.39, 0.29) is 6.04 Å². The van der Waals surface area contributed by atoms with Crippen molar-refractivity contribution in [3.05, 3.63) is 47.5 Å². The van der Waals surface area contributed by atoms with Gasteiger partial charge in [0.25, 0.3) is 0 Å². The molecule has 0 aliphatic heterocycles. The molecule has 100 valence electrons.